The van der Waals surface area contributed by atoms with Crippen molar-refractivity contribution in [1.82, 2.24) is 4.90 Å². The largest absolute Gasteiger partial charge is 0.479 e. The molecule has 4 rings (SSSR count). The first-order chi connectivity index (χ1) is 14.9. The molecular formula is C25H29NO5. The van der Waals surface area contributed by atoms with E-state index in [1.54, 1.807) is 13.8 Å². The van der Waals surface area contributed by atoms with Gasteiger partial charge in [0.2, 0.25) is 0 Å². The first-order valence-electron chi connectivity index (χ1n) is 10.8. The van der Waals surface area contributed by atoms with Gasteiger partial charge in [0.15, 0.2) is 5.54 Å². The normalized spacial score (nSPS) is 17.0. The molecule has 31 heavy (non-hydrogen) atoms. The first kappa shape index (κ1) is 21.4. The number of nitrogens with zero attached hydrogens (tertiary/aromatic N) is 1. The van der Waals surface area contributed by atoms with E-state index in [2.05, 4.69) is 24.3 Å². The number of ether oxygens (including phenoxy) is 2. The fourth-order valence-corrected chi connectivity index (χ4v) is 4.78. The van der Waals surface area contributed by atoms with E-state index < -0.39 is 17.6 Å². The van der Waals surface area contributed by atoms with E-state index >= 15 is 0 Å². The number of carbonyl (C=O) groups is 2. The standard InChI is InChI=1S/C25H29NO5/c1-16(2)25(15-30-3,23(27)28)26(17-12-13-17)24(29)31-14-22-20-10-6-4-8-18(20)19-9-5-7-11-21(19)22/h4-11,16-17,22H,12-15H2,1-3H3,(H,27,28). The number of carboxylic acid groups (broad SMARTS) is 1. The number of fused-ring (bicyclic) bond motifs is 3. The minimum atomic E-state index is -1.46. The molecule has 1 fully saturated rings. The topological polar surface area (TPSA) is 76.1 Å². The summed E-state index contributed by atoms with van der Waals surface area (Å²) >= 11 is 0. The summed E-state index contributed by atoms with van der Waals surface area (Å²) in [6.07, 6.45) is 0.961. The van der Waals surface area contributed by atoms with Gasteiger partial charge in [-0.2, -0.15) is 0 Å². The number of benzene rings is 2. The molecule has 1 unspecified atom stereocenters. The van der Waals surface area contributed by atoms with Crippen molar-refractivity contribution >= 4 is 12.1 Å². The maximum Gasteiger partial charge on any atom is 0.411 e. The molecule has 0 bridgehead atoms. The third-order valence-corrected chi connectivity index (χ3v) is 6.56. The molecule has 0 saturated heterocycles. The zero-order chi connectivity index (χ0) is 22.2. The van der Waals surface area contributed by atoms with Crippen molar-refractivity contribution in [3.05, 3.63) is 59.7 Å². The molecule has 0 aliphatic heterocycles. The second-order valence-electron chi connectivity index (χ2n) is 8.72. The van der Waals surface area contributed by atoms with E-state index in [4.69, 9.17) is 9.47 Å². The number of rotatable bonds is 8. The van der Waals surface area contributed by atoms with E-state index in [9.17, 15) is 14.7 Å². The van der Waals surface area contributed by atoms with Gasteiger partial charge in [-0.05, 0) is 41.0 Å². The highest BCUT2D eigenvalue weighted by Gasteiger charge is 2.55. The smallest absolute Gasteiger partial charge is 0.411 e. The lowest BCUT2D eigenvalue weighted by Crippen LogP contribution is -2.64. The van der Waals surface area contributed by atoms with Crippen LogP contribution in [0, 0.1) is 5.92 Å². The summed E-state index contributed by atoms with van der Waals surface area (Å²) in [5.41, 5.74) is 3.09. The lowest BCUT2D eigenvalue weighted by atomic mass is 9.85. The summed E-state index contributed by atoms with van der Waals surface area (Å²) in [6.45, 7) is 3.69. The van der Waals surface area contributed by atoms with Gasteiger partial charge < -0.3 is 14.6 Å². The summed E-state index contributed by atoms with van der Waals surface area (Å²) in [4.78, 5) is 27.1. The average molecular weight is 424 g/mol. The highest BCUT2D eigenvalue weighted by atomic mass is 16.6. The van der Waals surface area contributed by atoms with Crippen LogP contribution in [-0.2, 0) is 14.3 Å². The number of carbonyl (C=O) groups excluding carboxylic acids is 1. The minimum Gasteiger partial charge on any atom is -0.479 e. The average Bonchev–Trinajstić information content (AvgIpc) is 3.53. The Labute approximate surface area is 182 Å². The monoisotopic (exact) mass is 423 g/mol. The number of aliphatic carboxylic acids is 1. The van der Waals surface area contributed by atoms with Gasteiger partial charge in [-0.15, -0.1) is 0 Å². The number of hydrogen-bond donors (Lipinski definition) is 1. The number of methoxy groups -OCH3 is 1. The van der Waals surface area contributed by atoms with Crippen LogP contribution in [0.25, 0.3) is 11.1 Å². The van der Waals surface area contributed by atoms with Crippen LogP contribution >= 0.6 is 0 Å². The molecule has 1 saturated carbocycles. The molecule has 0 spiro atoms. The summed E-state index contributed by atoms with van der Waals surface area (Å²) < 4.78 is 11.1. The minimum absolute atomic E-state index is 0.0712. The Morgan fingerprint density at radius 3 is 2.06 bits per heavy atom. The predicted molar refractivity (Wildman–Crippen MR) is 117 cm³/mol. The Balaban J connectivity index is 1.61. The summed E-state index contributed by atoms with van der Waals surface area (Å²) in [5.74, 6) is -1.48. The van der Waals surface area contributed by atoms with Crippen LogP contribution in [0.3, 0.4) is 0 Å². The summed E-state index contributed by atoms with van der Waals surface area (Å²) in [5, 5.41) is 10.1. The van der Waals surface area contributed by atoms with E-state index in [0.29, 0.717) is 0 Å². The molecule has 0 radical (unpaired) electrons. The molecule has 1 amide bonds. The lowest BCUT2D eigenvalue weighted by molar-refractivity contribution is -0.159. The number of carboxylic acids is 1. The second-order valence-corrected chi connectivity index (χ2v) is 8.72. The SMILES string of the molecule is COCC(C(=O)O)(C(C)C)N(C(=O)OCC1c2ccccc2-c2ccccc21)C1CC1. The third-order valence-electron chi connectivity index (χ3n) is 6.56. The van der Waals surface area contributed by atoms with Crippen molar-refractivity contribution in [3.8, 4) is 11.1 Å². The van der Waals surface area contributed by atoms with Gasteiger partial charge in [-0.25, -0.2) is 9.59 Å². The fourth-order valence-electron chi connectivity index (χ4n) is 4.78. The van der Waals surface area contributed by atoms with Crippen LogP contribution in [0.2, 0.25) is 0 Å². The van der Waals surface area contributed by atoms with Crippen LogP contribution < -0.4 is 0 Å². The van der Waals surface area contributed by atoms with Gasteiger partial charge in [0.1, 0.15) is 6.61 Å². The Morgan fingerprint density at radius 1 is 1.06 bits per heavy atom. The van der Waals surface area contributed by atoms with Crippen LogP contribution in [0.15, 0.2) is 48.5 Å². The van der Waals surface area contributed by atoms with Gasteiger partial charge in [-0.3, -0.25) is 4.90 Å². The van der Waals surface area contributed by atoms with Crippen LogP contribution in [0.5, 0.6) is 0 Å². The van der Waals surface area contributed by atoms with Gasteiger partial charge in [-0.1, -0.05) is 62.4 Å². The van der Waals surface area contributed by atoms with E-state index in [-0.39, 0.29) is 31.1 Å². The Hall–Kier alpha value is -2.86. The van der Waals surface area contributed by atoms with Gasteiger partial charge >= 0.3 is 12.1 Å². The molecule has 1 atom stereocenters. The summed E-state index contributed by atoms with van der Waals surface area (Å²) in [7, 11) is 1.46. The molecule has 1 N–H and O–H groups in total. The molecule has 2 aliphatic carbocycles. The van der Waals surface area contributed by atoms with Crippen molar-refractivity contribution in [2.75, 3.05) is 20.3 Å². The molecule has 2 aromatic rings. The molecule has 0 aromatic heterocycles. The second kappa shape index (κ2) is 8.35. The zero-order valence-corrected chi connectivity index (χ0v) is 18.2. The summed E-state index contributed by atoms with van der Waals surface area (Å²) in [6, 6.07) is 16.1. The van der Waals surface area contributed by atoms with Crippen molar-refractivity contribution in [2.45, 2.75) is 44.2 Å². The third kappa shape index (κ3) is 3.59. The highest BCUT2D eigenvalue weighted by molar-refractivity contribution is 5.86. The maximum atomic E-state index is 13.3. The van der Waals surface area contributed by atoms with Gasteiger partial charge in [0.05, 0.1) is 6.61 Å². The van der Waals surface area contributed by atoms with Crippen molar-refractivity contribution in [3.63, 3.8) is 0 Å². The first-order valence-corrected chi connectivity index (χ1v) is 10.8. The van der Waals surface area contributed by atoms with E-state index in [0.717, 1.165) is 35.1 Å². The van der Waals surface area contributed by atoms with E-state index in [1.807, 2.05) is 24.3 Å². The zero-order valence-electron chi connectivity index (χ0n) is 18.2. The van der Waals surface area contributed by atoms with Crippen molar-refractivity contribution in [2.24, 2.45) is 5.92 Å². The van der Waals surface area contributed by atoms with Gasteiger partial charge in [0.25, 0.3) is 0 Å². The molecule has 0 heterocycles. The maximum absolute atomic E-state index is 13.3. The van der Waals surface area contributed by atoms with Crippen LogP contribution in [0.1, 0.15) is 43.7 Å². The lowest BCUT2D eigenvalue weighted by Gasteiger charge is -2.42. The van der Waals surface area contributed by atoms with Crippen LogP contribution in [-0.4, -0.2) is 54.0 Å². The molecule has 2 aromatic carbocycles. The van der Waals surface area contributed by atoms with E-state index in [1.165, 1.54) is 12.0 Å². The quantitative estimate of drug-likeness (QED) is 0.675. The van der Waals surface area contributed by atoms with Crippen molar-refractivity contribution < 1.29 is 24.2 Å². The highest BCUT2D eigenvalue weighted by Crippen LogP contribution is 2.45. The Morgan fingerprint density at radius 2 is 1.61 bits per heavy atom. The van der Waals surface area contributed by atoms with Crippen LogP contribution in [0.4, 0.5) is 4.79 Å². The molecule has 6 heteroatoms. The Kier molecular flexibility index (Phi) is 5.75. The Bertz CT molecular complexity index is 938. The van der Waals surface area contributed by atoms with Crippen molar-refractivity contribution in [1.29, 1.82) is 0 Å². The number of amides is 1. The molecule has 6 nitrogen and oxygen atoms in total. The molecule has 164 valence electrons. The fraction of sp³-hybridized carbons (Fsp3) is 0.440. The number of hydrogen-bond acceptors (Lipinski definition) is 4. The molecular weight excluding hydrogens is 394 g/mol. The van der Waals surface area contributed by atoms with Gasteiger partial charge in [0, 0.05) is 19.1 Å². The predicted octanol–water partition coefficient (Wildman–Crippen LogP) is 4.53. The molecule has 2 aliphatic rings.